The molecule has 0 aliphatic heterocycles. The molecule has 2 amide bonds. The molecular weight excluding hydrogens is 263 g/mol. The first-order valence-corrected chi connectivity index (χ1v) is 6.25. The van der Waals surface area contributed by atoms with Crippen LogP contribution in [0.15, 0.2) is 18.2 Å². The summed E-state index contributed by atoms with van der Waals surface area (Å²) in [6, 6.07) is 4.46. The standard InChI is InChI=1S/C13H19FN4O2/c1-2-17-6-9-10(14)4-3-5-11(9)18(7-12(15)19)8-13(16)20/h3-5,17H,2,6-8H2,1H3,(H2,15,19)(H2,16,20). The van der Waals surface area contributed by atoms with Crippen LogP contribution in [0.1, 0.15) is 12.5 Å². The quantitative estimate of drug-likeness (QED) is 0.610. The van der Waals surface area contributed by atoms with Crippen LogP contribution in [0.25, 0.3) is 0 Å². The molecule has 0 saturated carbocycles. The molecule has 0 radical (unpaired) electrons. The second kappa shape index (κ2) is 7.44. The van der Waals surface area contributed by atoms with Crippen molar-refractivity contribution in [1.82, 2.24) is 5.32 Å². The summed E-state index contributed by atoms with van der Waals surface area (Å²) in [4.78, 5) is 23.6. The molecule has 20 heavy (non-hydrogen) atoms. The summed E-state index contributed by atoms with van der Waals surface area (Å²) < 4.78 is 13.9. The number of hydrogen-bond acceptors (Lipinski definition) is 4. The number of nitrogens with two attached hydrogens (primary N) is 2. The van der Waals surface area contributed by atoms with E-state index in [0.29, 0.717) is 17.8 Å². The Morgan fingerprint density at radius 3 is 2.35 bits per heavy atom. The SMILES string of the molecule is CCNCc1c(F)cccc1N(CC(N)=O)CC(N)=O. The highest BCUT2D eigenvalue weighted by Crippen LogP contribution is 2.23. The summed E-state index contributed by atoms with van der Waals surface area (Å²) in [6.07, 6.45) is 0. The predicted octanol–water partition coefficient (Wildman–Crippen LogP) is -0.288. The van der Waals surface area contributed by atoms with Gasteiger partial charge in [0.15, 0.2) is 0 Å². The predicted molar refractivity (Wildman–Crippen MR) is 74.4 cm³/mol. The molecule has 110 valence electrons. The van der Waals surface area contributed by atoms with Crippen molar-refractivity contribution in [2.24, 2.45) is 11.5 Å². The average Bonchev–Trinajstić information content (AvgIpc) is 2.35. The van der Waals surface area contributed by atoms with E-state index in [1.54, 1.807) is 6.07 Å². The number of halogens is 1. The minimum atomic E-state index is -0.620. The first-order chi connectivity index (χ1) is 9.45. The number of hydrogen-bond donors (Lipinski definition) is 3. The normalized spacial score (nSPS) is 10.3. The number of anilines is 1. The lowest BCUT2D eigenvalue weighted by Gasteiger charge is -2.25. The van der Waals surface area contributed by atoms with Crippen LogP contribution in [0.3, 0.4) is 0 Å². The zero-order valence-electron chi connectivity index (χ0n) is 11.4. The summed E-state index contributed by atoms with van der Waals surface area (Å²) in [6.45, 7) is 2.44. The molecule has 0 saturated heterocycles. The topological polar surface area (TPSA) is 101 Å². The van der Waals surface area contributed by atoms with Gasteiger partial charge in [-0.2, -0.15) is 0 Å². The van der Waals surface area contributed by atoms with Crippen LogP contribution >= 0.6 is 0 Å². The van der Waals surface area contributed by atoms with Gasteiger partial charge in [0.1, 0.15) is 5.82 Å². The van der Waals surface area contributed by atoms with Gasteiger partial charge in [-0.15, -0.1) is 0 Å². The van der Waals surface area contributed by atoms with Crippen LogP contribution in [-0.2, 0) is 16.1 Å². The summed E-state index contributed by atoms with van der Waals surface area (Å²) in [7, 11) is 0. The third kappa shape index (κ3) is 4.51. The van der Waals surface area contributed by atoms with E-state index in [0.717, 1.165) is 0 Å². The van der Waals surface area contributed by atoms with Crippen molar-refractivity contribution in [1.29, 1.82) is 0 Å². The number of carbonyl (C=O) groups is 2. The molecule has 0 aromatic heterocycles. The lowest BCUT2D eigenvalue weighted by atomic mass is 10.1. The zero-order valence-corrected chi connectivity index (χ0v) is 11.4. The summed E-state index contributed by atoms with van der Waals surface area (Å²) >= 11 is 0. The van der Waals surface area contributed by atoms with Crippen LogP contribution in [0.5, 0.6) is 0 Å². The second-order valence-electron chi connectivity index (χ2n) is 4.31. The third-order valence-electron chi connectivity index (χ3n) is 2.68. The van der Waals surface area contributed by atoms with Crippen LogP contribution < -0.4 is 21.7 Å². The highest BCUT2D eigenvalue weighted by Gasteiger charge is 2.17. The van der Waals surface area contributed by atoms with Crippen LogP contribution in [0.4, 0.5) is 10.1 Å². The first kappa shape index (κ1) is 15.9. The molecule has 0 atom stereocenters. The molecule has 1 aromatic rings. The maximum absolute atomic E-state index is 13.9. The molecular formula is C13H19FN4O2. The minimum Gasteiger partial charge on any atom is -0.368 e. The van der Waals surface area contributed by atoms with E-state index in [2.05, 4.69) is 5.32 Å². The van der Waals surface area contributed by atoms with Gasteiger partial charge in [-0.05, 0) is 18.7 Å². The lowest BCUT2D eigenvalue weighted by molar-refractivity contribution is -0.117. The van der Waals surface area contributed by atoms with Crippen molar-refractivity contribution < 1.29 is 14.0 Å². The molecule has 0 unspecified atom stereocenters. The summed E-state index contributed by atoms with van der Waals surface area (Å²) in [5.41, 5.74) is 11.1. The number of amides is 2. The lowest BCUT2D eigenvalue weighted by Crippen LogP contribution is -2.40. The second-order valence-corrected chi connectivity index (χ2v) is 4.31. The molecule has 5 N–H and O–H groups in total. The summed E-state index contributed by atoms with van der Waals surface area (Å²) in [5.74, 6) is -1.66. The van der Waals surface area contributed by atoms with Gasteiger partial charge in [-0.3, -0.25) is 9.59 Å². The Balaban J connectivity index is 3.13. The maximum Gasteiger partial charge on any atom is 0.236 e. The Morgan fingerprint density at radius 1 is 1.25 bits per heavy atom. The van der Waals surface area contributed by atoms with Crippen molar-refractivity contribution in [2.45, 2.75) is 13.5 Å². The van der Waals surface area contributed by atoms with Crippen LogP contribution in [0, 0.1) is 5.82 Å². The average molecular weight is 282 g/mol. The van der Waals surface area contributed by atoms with Crippen molar-refractivity contribution in [3.63, 3.8) is 0 Å². The smallest absolute Gasteiger partial charge is 0.236 e. The maximum atomic E-state index is 13.9. The monoisotopic (exact) mass is 282 g/mol. The van der Waals surface area contributed by atoms with E-state index >= 15 is 0 Å². The number of benzene rings is 1. The van der Waals surface area contributed by atoms with E-state index in [1.165, 1.54) is 17.0 Å². The molecule has 1 aromatic carbocycles. The van der Waals surface area contributed by atoms with E-state index in [4.69, 9.17) is 11.5 Å². The van der Waals surface area contributed by atoms with Crippen molar-refractivity contribution in [2.75, 3.05) is 24.5 Å². The van der Waals surface area contributed by atoms with E-state index in [9.17, 15) is 14.0 Å². The van der Waals surface area contributed by atoms with Gasteiger partial charge in [0, 0.05) is 17.8 Å². The highest BCUT2D eigenvalue weighted by molar-refractivity contribution is 5.85. The van der Waals surface area contributed by atoms with E-state index in [1.807, 2.05) is 6.92 Å². The fourth-order valence-corrected chi connectivity index (χ4v) is 1.87. The summed E-state index contributed by atoms with van der Waals surface area (Å²) in [5, 5.41) is 3.01. The van der Waals surface area contributed by atoms with E-state index in [-0.39, 0.29) is 19.6 Å². The molecule has 0 spiro atoms. The minimum absolute atomic E-state index is 0.203. The Labute approximate surface area is 116 Å². The van der Waals surface area contributed by atoms with E-state index < -0.39 is 17.6 Å². The number of rotatable bonds is 8. The molecule has 1 rings (SSSR count). The van der Waals surface area contributed by atoms with Crippen molar-refractivity contribution in [3.05, 3.63) is 29.6 Å². The third-order valence-corrected chi connectivity index (χ3v) is 2.68. The molecule has 7 heteroatoms. The first-order valence-electron chi connectivity index (χ1n) is 6.25. The molecule has 0 aliphatic rings. The van der Waals surface area contributed by atoms with Crippen LogP contribution in [0.2, 0.25) is 0 Å². The molecule has 0 fully saturated rings. The molecule has 0 bridgehead atoms. The van der Waals surface area contributed by atoms with Gasteiger partial charge in [0.05, 0.1) is 13.1 Å². The largest absolute Gasteiger partial charge is 0.368 e. The van der Waals surface area contributed by atoms with Crippen molar-refractivity contribution >= 4 is 17.5 Å². The Bertz CT molecular complexity index is 477. The highest BCUT2D eigenvalue weighted by atomic mass is 19.1. The molecule has 0 aliphatic carbocycles. The number of nitrogens with zero attached hydrogens (tertiary/aromatic N) is 1. The Kier molecular flexibility index (Phi) is 5.92. The fraction of sp³-hybridized carbons (Fsp3) is 0.385. The fourth-order valence-electron chi connectivity index (χ4n) is 1.87. The van der Waals surface area contributed by atoms with Crippen LogP contribution in [-0.4, -0.2) is 31.4 Å². The molecule has 6 nitrogen and oxygen atoms in total. The van der Waals surface area contributed by atoms with Gasteiger partial charge in [0.2, 0.25) is 11.8 Å². The van der Waals surface area contributed by atoms with Gasteiger partial charge < -0.3 is 21.7 Å². The van der Waals surface area contributed by atoms with Crippen molar-refractivity contribution in [3.8, 4) is 0 Å². The van der Waals surface area contributed by atoms with Gasteiger partial charge in [0.25, 0.3) is 0 Å². The molecule has 0 heterocycles. The van der Waals surface area contributed by atoms with Gasteiger partial charge >= 0.3 is 0 Å². The number of primary amides is 2. The Morgan fingerprint density at radius 2 is 1.85 bits per heavy atom. The number of nitrogens with one attached hydrogen (secondary N) is 1. The van der Waals surface area contributed by atoms with Gasteiger partial charge in [-0.1, -0.05) is 13.0 Å². The number of carbonyl (C=O) groups excluding carboxylic acids is 2. The Hall–Kier alpha value is -2.15. The zero-order chi connectivity index (χ0) is 15.1. The van der Waals surface area contributed by atoms with Gasteiger partial charge in [-0.25, -0.2) is 4.39 Å².